The Kier molecular flexibility index (Phi) is 8.39. The fourth-order valence-electron chi connectivity index (χ4n) is 3.71. The van der Waals surface area contributed by atoms with Gasteiger partial charge in [0.05, 0.1) is 11.0 Å². The Morgan fingerprint density at radius 2 is 1.81 bits per heavy atom. The maximum Gasteiger partial charge on any atom is 0.245 e. The molecule has 1 aromatic heterocycles. The number of amides is 2. The molecule has 0 aliphatic carbocycles. The maximum absolute atomic E-state index is 13.3. The second-order valence-electron chi connectivity index (χ2n) is 8.09. The van der Waals surface area contributed by atoms with Crippen LogP contribution in [0.25, 0.3) is 11.0 Å². The van der Waals surface area contributed by atoms with Gasteiger partial charge in [-0.3, -0.25) is 9.59 Å². The number of carbonyl (C=O) groups is 2. The van der Waals surface area contributed by atoms with Crippen molar-refractivity contribution in [2.75, 3.05) is 20.3 Å². The lowest BCUT2D eigenvalue weighted by Crippen LogP contribution is -2.38. The van der Waals surface area contributed by atoms with Crippen molar-refractivity contribution in [1.82, 2.24) is 19.8 Å². The number of aromatic nitrogens is 2. The monoisotopic (exact) mass is 436 g/mol. The molecule has 3 rings (SSSR count). The molecule has 32 heavy (non-hydrogen) atoms. The molecule has 3 aromatic rings. The molecular weight excluding hydrogens is 404 g/mol. The lowest BCUT2D eigenvalue weighted by atomic mass is 10.2. The number of rotatable bonds is 11. The summed E-state index contributed by atoms with van der Waals surface area (Å²) in [7, 11) is 1.50. The molecule has 0 unspecified atom stereocenters. The quantitative estimate of drug-likeness (QED) is 0.469. The first-order valence-electron chi connectivity index (χ1n) is 11.0. The largest absolute Gasteiger partial charge is 0.375 e. The van der Waals surface area contributed by atoms with E-state index in [-0.39, 0.29) is 31.0 Å². The maximum atomic E-state index is 13.3. The third kappa shape index (κ3) is 6.17. The normalized spacial score (nSPS) is 11.1. The van der Waals surface area contributed by atoms with Crippen LogP contribution in [0.3, 0.4) is 0 Å². The first-order valence-corrected chi connectivity index (χ1v) is 11.0. The van der Waals surface area contributed by atoms with E-state index in [1.807, 2.05) is 77.9 Å². The minimum atomic E-state index is -0.135. The van der Waals surface area contributed by atoms with Gasteiger partial charge in [0.2, 0.25) is 11.8 Å². The third-order valence-electron chi connectivity index (χ3n) is 5.34. The van der Waals surface area contributed by atoms with Gasteiger partial charge in [-0.05, 0) is 38.0 Å². The fraction of sp³-hybridized carbons (Fsp3) is 0.400. The number of nitrogens with zero attached hydrogens (tertiary/aromatic N) is 3. The zero-order valence-electron chi connectivity index (χ0n) is 19.1. The van der Waals surface area contributed by atoms with Gasteiger partial charge in [-0.25, -0.2) is 4.98 Å². The van der Waals surface area contributed by atoms with E-state index in [0.717, 1.165) is 28.8 Å². The fourth-order valence-corrected chi connectivity index (χ4v) is 3.71. The molecule has 0 atom stereocenters. The van der Waals surface area contributed by atoms with Crippen LogP contribution in [0.2, 0.25) is 0 Å². The molecule has 0 fully saturated rings. The Morgan fingerprint density at radius 3 is 2.53 bits per heavy atom. The van der Waals surface area contributed by atoms with E-state index in [1.54, 1.807) is 0 Å². The van der Waals surface area contributed by atoms with Crippen molar-refractivity contribution in [3.05, 3.63) is 66.0 Å². The van der Waals surface area contributed by atoms with Crippen LogP contribution >= 0.6 is 0 Å². The number of fused-ring (bicyclic) bond motifs is 1. The highest BCUT2D eigenvalue weighted by Gasteiger charge is 2.20. The summed E-state index contributed by atoms with van der Waals surface area (Å²) < 4.78 is 6.84. The molecule has 0 radical (unpaired) electrons. The molecule has 7 heteroatoms. The standard InChI is InChI=1S/C25H32N4O3/c1-19(2)28(16-20-10-5-4-6-11-20)25(31)17-29-22-13-8-7-12-21(22)27-23(29)14-9-15-26-24(30)18-32-3/h4-8,10-13,19H,9,14-18H2,1-3H3,(H,26,30). The second kappa shape index (κ2) is 11.4. The minimum absolute atomic E-state index is 0.0550. The van der Waals surface area contributed by atoms with E-state index in [9.17, 15) is 9.59 Å². The van der Waals surface area contributed by atoms with Crippen LogP contribution in [0.4, 0.5) is 0 Å². The van der Waals surface area contributed by atoms with Crippen LogP contribution in [0.5, 0.6) is 0 Å². The molecule has 170 valence electrons. The number of imidazole rings is 1. The van der Waals surface area contributed by atoms with Gasteiger partial charge in [0.25, 0.3) is 0 Å². The Morgan fingerprint density at radius 1 is 1.09 bits per heavy atom. The average molecular weight is 437 g/mol. The lowest BCUT2D eigenvalue weighted by molar-refractivity contribution is -0.134. The summed E-state index contributed by atoms with van der Waals surface area (Å²) in [5.74, 6) is 0.773. The van der Waals surface area contributed by atoms with Gasteiger partial charge in [0.15, 0.2) is 0 Å². The molecule has 0 aliphatic rings. The van der Waals surface area contributed by atoms with Crippen LogP contribution in [0.15, 0.2) is 54.6 Å². The van der Waals surface area contributed by atoms with Crippen molar-refractivity contribution < 1.29 is 14.3 Å². The van der Waals surface area contributed by atoms with Gasteiger partial charge in [0.1, 0.15) is 19.0 Å². The topological polar surface area (TPSA) is 76.5 Å². The van der Waals surface area contributed by atoms with Crippen molar-refractivity contribution in [2.45, 2.75) is 45.8 Å². The number of carbonyl (C=O) groups excluding carboxylic acids is 2. The number of aryl methyl sites for hydroxylation is 1. The van der Waals surface area contributed by atoms with E-state index >= 15 is 0 Å². The van der Waals surface area contributed by atoms with Crippen LogP contribution in [0, 0.1) is 0 Å². The van der Waals surface area contributed by atoms with Crippen LogP contribution in [0.1, 0.15) is 31.7 Å². The zero-order valence-corrected chi connectivity index (χ0v) is 19.1. The van der Waals surface area contributed by atoms with Crippen molar-refractivity contribution in [2.24, 2.45) is 0 Å². The van der Waals surface area contributed by atoms with E-state index in [1.165, 1.54) is 7.11 Å². The lowest BCUT2D eigenvalue weighted by Gasteiger charge is -2.27. The highest BCUT2D eigenvalue weighted by Crippen LogP contribution is 2.18. The number of para-hydroxylation sites is 2. The number of hydrogen-bond donors (Lipinski definition) is 1. The smallest absolute Gasteiger partial charge is 0.245 e. The van der Waals surface area contributed by atoms with Gasteiger partial charge in [-0.1, -0.05) is 42.5 Å². The SMILES string of the molecule is COCC(=O)NCCCc1nc2ccccc2n1CC(=O)N(Cc1ccccc1)C(C)C. The Bertz CT molecular complexity index is 1030. The molecule has 0 saturated heterocycles. The number of methoxy groups -OCH3 is 1. The second-order valence-corrected chi connectivity index (χ2v) is 8.09. The average Bonchev–Trinajstić information content (AvgIpc) is 3.13. The van der Waals surface area contributed by atoms with E-state index in [4.69, 9.17) is 9.72 Å². The first kappa shape index (κ1) is 23.5. The van der Waals surface area contributed by atoms with Gasteiger partial charge in [-0.15, -0.1) is 0 Å². The highest BCUT2D eigenvalue weighted by atomic mass is 16.5. The Labute approximate surface area is 189 Å². The van der Waals surface area contributed by atoms with Crippen LogP contribution in [-0.2, 0) is 33.8 Å². The number of benzene rings is 2. The Hall–Kier alpha value is -3.19. The number of hydrogen-bond acceptors (Lipinski definition) is 4. The third-order valence-corrected chi connectivity index (χ3v) is 5.34. The highest BCUT2D eigenvalue weighted by molar-refractivity contribution is 5.81. The minimum Gasteiger partial charge on any atom is -0.375 e. The molecule has 2 amide bonds. The molecule has 7 nitrogen and oxygen atoms in total. The van der Waals surface area contributed by atoms with Crippen molar-refractivity contribution in [3.8, 4) is 0 Å². The Balaban J connectivity index is 1.75. The van der Waals surface area contributed by atoms with Gasteiger partial charge in [0, 0.05) is 32.7 Å². The first-order chi connectivity index (χ1) is 15.5. The molecule has 0 bridgehead atoms. The van der Waals surface area contributed by atoms with Gasteiger partial charge in [-0.2, -0.15) is 0 Å². The zero-order chi connectivity index (χ0) is 22.9. The molecular formula is C25H32N4O3. The summed E-state index contributed by atoms with van der Waals surface area (Å²) in [6, 6.07) is 18.0. The number of ether oxygens (including phenoxy) is 1. The van der Waals surface area contributed by atoms with Crippen molar-refractivity contribution in [1.29, 1.82) is 0 Å². The molecule has 2 aromatic carbocycles. The molecule has 0 saturated carbocycles. The predicted molar refractivity (Wildman–Crippen MR) is 125 cm³/mol. The summed E-state index contributed by atoms with van der Waals surface area (Å²) in [4.78, 5) is 31.6. The molecule has 0 aliphatic heterocycles. The van der Waals surface area contributed by atoms with Crippen molar-refractivity contribution in [3.63, 3.8) is 0 Å². The summed E-state index contributed by atoms with van der Waals surface area (Å²) in [6.07, 6.45) is 1.39. The van der Waals surface area contributed by atoms with Crippen LogP contribution in [-0.4, -0.2) is 52.6 Å². The molecule has 1 heterocycles. The molecule has 0 spiro atoms. The summed E-state index contributed by atoms with van der Waals surface area (Å²) in [6.45, 7) is 5.47. The molecule has 1 N–H and O–H groups in total. The van der Waals surface area contributed by atoms with Gasteiger partial charge >= 0.3 is 0 Å². The summed E-state index contributed by atoms with van der Waals surface area (Å²) in [5, 5.41) is 2.83. The van der Waals surface area contributed by atoms with Gasteiger partial charge < -0.3 is 19.5 Å². The summed E-state index contributed by atoms with van der Waals surface area (Å²) >= 11 is 0. The summed E-state index contributed by atoms with van der Waals surface area (Å²) in [5.41, 5.74) is 2.93. The van der Waals surface area contributed by atoms with E-state index < -0.39 is 0 Å². The predicted octanol–water partition coefficient (Wildman–Crippen LogP) is 3.17. The van der Waals surface area contributed by atoms with E-state index in [0.29, 0.717) is 19.5 Å². The van der Waals surface area contributed by atoms with Crippen LogP contribution < -0.4 is 5.32 Å². The van der Waals surface area contributed by atoms with E-state index in [2.05, 4.69) is 5.32 Å². The number of nitrogens with one attached hydrogen (secondary N) is 1. The van der Waals surface area contributed by atoms with Crippen molar-refractivity contribution >= 4 is 22.8 Å².